The van der Waals surface area contributed by atoms with Crippen LogP contribution in [0.3, 0.4) is 0 Å². The van der Waals surface area contributed by atoms with Crippen LogP contribution in [0.1, 0.15) is 60.9 Å². The van der Waals surface area contributed by atoms with Gasteiger partial charge in [-0.3, -0.25) is 9.59 Å². The zero-order valence-electron chi connectivity index (χ0n) is 24.0. The molecule has 0 bridgehead atoms. The molecule has 0 atom stereocenters. The first-order chi connectivity index (χ1) is 20.7. The summed E-state index contributed by atoms with van der Waals surface area (Å²) < 4.78 is 39.2. The fraction of sp³-hybridized carbons (Fsp3) is 0.484. The molecule has 3 aromatic rings. The summed E-state index contributed by atoms with van der Waals surface area (Å²) >= 11 is 0. The molecule has 3 aliphatic rings. The quantitative estimate of drug-likeness (QED) is 0.415. The maximum Gasteiger partial charge on any atom is 0.389 e. The molecule has 1 spiro atoms. The zero-order chi connectivity index (χ0) is 30.0. The second-order valence-corrected chi connectivity index (χ2v) is 11.8. The SMILES string of the molecule is O=C(CCC(F)(F)F)N1CC=C(c2cccn3nc(Nc4ccc(C(=O)N5CCCC6(CCNCC6)C5)cc4)nc23)CC1. The normalized spacial score (nSPS) is 19.0. The minimum atomic E-state index is -4.34. The average molecular weight is 596 g/mol. The number of benzene rings is 1. The van der Waals surface area contributed by atoms with Crippen molar-refractivity contribution in [1.82, 2.24) is 29.7 Å². The molecule has 0 aliphatic carbocycles. The van der Waals surface area contributed by atoms with Crippen molar-refractivity contribution in [3.8, 4) is 0 Å². The van der Waals surface area contributed by atoms with E-state index in [1.807, 2.05) is 47.4 Å². The number of alkyl halides is 3. The number of amides is 2. The van der Waals surface area contributed by atoms with E-state index in [1.54, 1.807) is 10.7 Å². The highest BCUT2D eigenvalue weighted by atomic mass is 19.4. The third kappa shape index (κ3) is 6.69. The van der Waals surface area contributed by atoms with E-state index in [2.05, 4.69) is 20.7 Å². The molecule has 2 saturated heterocycles. The lowest BCUT2D eigenvalue weighted by Crippen LogP contribution is -2.50. The number of aromatic nitrogens is 3. The van der Waals surface area contributed by atoms with Crippen LogP contribution in [-0.2, 0) is 4.79 Å². The number of carbonyl (C=O) groups excluding carboxylic acids is 2. The molecule has 2 fully saturated rings. The van der Waals surface area contributed by atoms with E-state index in [0.717, 1.165) is 62.3 Å². The van der Waals surface area contributed by atoms with Crippen LogP contribution in [0.4, 0.5) is 24.8 Å². The van der Waals surface area contributed by atoms with Crippen LogP contribution in [-0.4, -0.2) is 81.7 Å². The van der Waals surface area contributed by atoms with Gasteiger partial charge in [0.15, 0.2) is 5.65 Å². The lowest BCUT2D eigenvalue weighted by Gasteiger charge is -2.45. The van der Waals surface area contributed by atoms with Gasteiger partial charge in [0.05, 0.1) is 6.42 Å². The Morgan fingerprint density at radius 1 is 1.02 bits per heavy atom. The number of likely N-dealkylation sites (tertiary alicyclic amines) is 1. The van der Waals surface area contributed by atoms with Gasteiger partial charge in [0.2, 0.25) is 11.9 Å². The molecule has 0 unspecified atom stereocenters. The third-order valence-corrected chi connectivity index (χ3v) is 8.89. The molecule has 2 aromatic heterocycles. The fourth-order valence-corrected chi connectivity index (χ4v) is 6.51. The second-order valence-electron chi connectivity index (χ2n) is 11.8. The molecule has 6 rings (SSSR count). The molecular formula is C31H36F3N7O2. The van der Waals surface area contributed by atoms with Crippen molar-refractivity contribution in [3.63, 3.8) is 0 Å². The van der Waals surface area contributed by atoms with E-state index < -0.39 is 24.9 Å². The number of piperidine rings is 2. The molecule has 0 radical (unpaired) electrons. The van der Waals surface area contributed by atoms with Gasteiger partial charge in [-0.05, 0) is 92.6 Å². The molecule has 12 heteroatoms. The zero-order valence-corrected chi connectivity index (χ0v) is 24.0. The first-order valence-electron chi connectivity index (χ1n) is 14.9. The highest BCUT2D eigenvalue weighted by Crippen LogP contribution is 2.38. The standard InChI is InChI=1S/C31H36F3N7O2/c32-31(33,34)12-8-26(42)39-19-9-22(10-20-39)25-3-1-18-41-27(25)37-29(38-41)36-24-6-4-23(5-7-24)28(43)40-17-2-11-30(21-40)13-15-35-16-14-30/h1,3-7,9,18,35H,2,8,10-17,19-21H2,(H,36,38). The maximum atomic E-state index is 13.3. The molecule has 9 nitrogen and oxygen atoms in total. The molecule has 0 saturated carbocycles. The Morgan fingerprint density at radius 2 is 1.81 bits per heavy atom. The van der Waals surface area contributed by atoms with Gasteiger partial charge in [-0.1, -0.05) is 6.08 Å². The van der Waals surface area contributed by atoms with E-state index in [1.165, 1.54) is 11.3 Å². The minimum Gasteiger partial charge on any atom is -0.339 e. The van der Waals surface area contributed by atoms with E-state index in [0.29, 0.717) is 30.1 Å². The predicted molar refractivity (Wildman–Crippen MR) is 157 cm³/mol. The molecule has 3 aliphatic heterocycles. The molecule has 5 heterocycles. The Morgan fingerprint density at radius 3 is 2.53 bits per heavy atom. The van der Waals surface area contributed by atoms with Gasteiger partial charge in [-0.2, -0.15) is 18.2 Å². The van der Waals surface area contributed by atoms with Gasteiger partial charge < -0.3 is 20.4 Å². The number of rotatable bonds is 6. The monoisotopic (exact) mass is 595 g/mol. The van der Waals surface area contributed by atoms with Gasteiger partial charge in [0.25, 0.3) is 5.91 Å². The summed E-state index contributed by atoms with van der Waals surface area (Å²) in [7, 11) is 0. The number of nitrogens with zero attached hydrogens (tertiary/aromatic N) is 5. The molecule has 228 valence electrons. The number of hydrogen-bond acceptors (Lipinski definition) is 6. The summed E-state index contributed by atoms with van der Waals surface area (Å²) in [6, 6.07) is 11.2. The Labute approximate surface area is 248 Å². The summed E-state index contributed by atoms with van der Waals surface area (Å²) in [6.45, 7) is 4.27. The number of halogens is 3. The van der Waals surface area contributed by atoms with Gasteiger partial charge in [0.1, 0.15) is 0 Å². The summed E-state index contributed by atoms with van der Waals surface area (Å²) in [5.41, 5.74) is 4.13. The number of hydrogen-bond donors (Lipinski definition) is 2. The smallest absolute Gasteiger partial charge is 0.339 e. The van der Waals surface area contributed by atoms with Crippen LogP contribution < -0.4 is 10.6 Å². The third-order valence-electron chi connectivity index (χ3n) is 8.89. The predicted octanol–water partition coefficient (Wildman–Crippen LogP) is 5.04. The van der Waals surface area contributed by atoms with E-state index in [-0.39, 0.29) is 17.9 Å². The molecule has 2 N–H and O–H groups in total. The first-order valence-corrected chi connectivity index (χ1v) is 14.9. The largest absolute Gasteiger partial charge is 0.389 e. The van der Waals surface area contributed by atoms with Crippen LogP contribution in [0.25, 0.3) is 11.2 Å². The van der Waals surface area contributed by atoms with E-state index >= 15 is 0 Å². The Kier molecular flexibility index (Phi) is 8.13. The van der Waals surface area contributed by atoms with E-state index in [9.17, 15) is 22.8 Å². The molecule has 2 amide bonds. The van der Waals surface area contributed by atoms with Gasteiger partial charge in [-0.15, -0.1) is 5.10 Å². The van der Waals surface area contributed by atoms with Crippen molar-refractivity contribution in [3.05, 3.63) is 59.8 Å². The van der Waals surface area contributed by atoms with Crippen LogP contribution in [0.2, 0.25) is 0 Å². The minimum absolute atomic E-state index is 0.0704. The summed E-state index contributed by atoms with van der Waals surface area (Å²) in [4.78, 5) is 33.7. The molecular weight excluding hydrogens is 559 g/mol. The summed E-state index contributed by atoms with van der Waals surface area (Å²) in [6.07, 6.45) is 2.67. The second kappa shape index (κ2) is 12.0. The van der Waals surface area contributed by atoms with Crippen molar-refractivity contribution in [2.45, 2.75) is 51.1 Å². The summed E-state index contributed by atoms with van der Waals surface area (Å²) in [5, 5.41) is 11.2. The molecule has 1 aromatic carbocycles. The van der Waals surface area contributed by atoms with Crippen LogP contribution in [0.15, 0.2) is 48.7 Å². The Balaban J connectivity index is 1.10. The van der Waals surface area contributed by atoms with Crippen molar-refractivity contribution >= 4 is 34.7 Å². The summed E-state index contributed by atoms with van der Waals surface area (Å²) in [5.74, 6) is -0.0223. The topological polar surface area (TPSA) is 94.9 Å². The highest BCUT2D eigenvalue weighted by molar-refractivity contribution is 5.94. The van der Waals surface area contributed by atoms with Crippen molar-refractivity contribution in [1.29, 1.82) is 0 Å². The number of anilines is 2. The maximum absolute atomic E-state index is 13.3. The van der Waals surface area contributed by atoms with Gasteiger partial charge in [0, 0.05) is 55.6 Å². The molecule has 43 heavy (non-hydrogen) atoms. The van der Waals surface area contributed by atoms with Crippen LogP contribution in [0.5, 0.6) is 0 Å². The number of nitrogens with one attached hydrogen (secondary N) is 2. The van der Waals surface area contributed by atoms with E-state index in [4.69, 9.17) is 0 Å². The number of carbonyl (C=O) groups is 2. The van der Waals surface area contributed by atoms with Crippen molar-refractivity contribution in [2.75, 3.05) is 44.6 Å². The highest BCUT2D eigenvalue weighted by Gasteiger charge is 2.38. The Hall–Kier alpha value is -3.93. The lowest BCUT2D eigenvalue weighted by atomic mass is 9.73. The lowest BCUT2D eigenvalue weighted by molar-refractivity contribution is -0.148. The van der Waals surface area contributed by atoms with Gasteiger partial charge >= 0.3 is 6.18 Å². The fourth-order valence-electron chi connectivity index (χ4n) is 6.51. The van der Waals surface area contributed by atoms with Crippen molar-refractivity contribution < 1.29 is 22.8 Å². The average Bonchev–Trinajstić information content (AvgIpc) is 3.43. The van der Waals surface area contributed by atoms with Gasteiger partial charge in [-0.25, -0.2) is 4.52 Å². The number of fused-ring (bicyclic) bond motifs is 1. The Bertz CT molecular complexity index is 1500. The number of pyridine rings is 1. The van der Waals surface area contributed by atoms with Crippen molar-refractivity contribution in [2.24, 2.45) is 5.41 Å². The first kappa shape index (κ1) is 29.2. The van der Waals surface area contributed by atoms with Crippen LogP contribution >= 0.6 is 0 Å². The van der Waals surface area contributed by atoms with Crippen LogP contribution in [0, 0.1) is 5.41 Å².